The summed E-state index contributed by atoms with van der Waals surface area (Å²) in [5.74, 6) is 0.944. The number of fused-ring (bicyclic) bond motifs is 1. The number of thiophene rings is 1. The second-order valence-electron chi connectivity index (χ2n) is 6.47. The van der Waals surface area contributed by atoms with Gasteiger partial charge in [-0.15, -0.1) is 0 Å². The molecule has 3 nitrogen and oxygen atoms in total. The number of anilines is 2. The van der Waals surface area contributed by atoms with Crippen LogP contribution in [-0.2, 0) is 11.8 Å². The third kappa shape index (κ3) is 2.85. The number of hydrogen-bond acceptors (Lipinski definition) is 4. The van der Waals surface area contributed by atoms with Crippen molar-refractivity contribution < 1.29 is 0 Å². The van der Waals surface area contributed by atoms with Crippen LogP contribution in [0.2, 0.25) is 0 Å². The molecule has 0 atom stereocenters. The van der Waals surface area contributed by atoms with E-state index in [9.17, 15) is 0 Å². The van der Waals surface area contributed by atoms with Crippen molar-refractivity contribution in [2.45, 2.75) is 46.5 Å². The van der Waals surface area contributed by atoms with Crippen molar-refractivity contribution in [3.63, 3.8) is 0 Å². The molecule has 3 aromatic rings. The number of aryl methyl sites for hydroxylation is 2. The van der Waals surface area contributed by atoms with Gasteiger partial charge in [0.1, 0.15) is 0 Å². The fourth-order valence-corrected chi connectivity index (χ4v) is 5.59. The Labute approximate surface area is 141 Å². The van der Waals surface area contributed by atoms with Crippen LogP contribution in [0.1, 0.15) is 42.6 Å². The minimum absolute atomic E-state index is 0.245. The zero-order chi connectivity index (χ0) is 15.9. The number of rotatable bonds is 3. The van der Waals surface area contributed by atoms with Gasteiger partial charge < -0.3 is 0 Å². The molecule has 0 bridgehead atoms. The predicted octanol–water partition coefficient (Wildman–Crippen LogP) is 4.66. The van der Waals surface area contributed by atoms with Gasteiger partial charge in [-0.1, -0.05) is 0 Å². The SMILES string of the molecule is CCc1c(C)sc2ncnc(Nc3c[se]c(C(C)(C)C)c3)c12. The van der Waals surface area contributed by atoms with Gasteiger partial charge in [0, 0.05) is 0 Å². The van der Waals surface area contributed by atoms with Crippen molar-refractivity contribution in [3.05, 3.63) is 32.2 Å². The van der Waals surface area contributed by atoms with Crippen molar-refractivity contribution in [2.24, 2.45) is 0 Å². The van der Waals surface area contributed by atoms with E-state index < -0.39 is 0 Å². The number of hydrogen-bond donors (Lipinski definition) is 1. The van der Waals surface area contributed by atoms with Crippen LogP contribution in [0.25, 0.3) is 10.2 Å². The molecule has 22 heavy (non-hydrogen) atoms. The van der Waals surface area contributed by atoms with E-state index in [0.29, 0.717) is 14.5 Å². The summed E-state index contributed by atoms with van der Waals surface area (Å²) in [4.78, 5) is 13.7. The van der Waals surface area contributed by atoms with E-state index in [0.717, 1.165) is 17.1 Å². The van der Waals surface area contributed by atoms with Gasteiger partial charge in [0.05, 0.1) is 0 Å². The normalized spacial score (nSPS) is 12.0. The topological polar surface area (TPSA) is 37.8 Å². The van der Waals surface area contributed by atoms with E-state index in [2.05, 4.69) is 60.9 Å². The van der Waals surface area contributed by atoms with E-state index in [4.69, 9.17) is 0 Å². The maximum atomic E-state index is 4.50. The first kappa shape index (κ1) is 15.7. The van der Waals surface area contributed by atoms with Gasteiger partial charge in [0.15, 0.2) is 0 Å². The molecule has 0 aliphatic rings. The standard InChI is InChI=1S/C17H21N3SSe/c1-6-12-10(2)21-16-14(12)15(18-9-19-16)20-11-7-13(22-8-11)17(3,4)5/h7-9H,6H2,1-5H3,(H,18,19,20). The fraction of sp³-hybridized carbons (Fsp3) is 0.412. The Balaban J connectivity index is 2.02. The van der Waals surface area contributed by atoms with Crippen molar-refractivity contribution >= 4 is 47.6 Å². The first-order valence-corrected chi connectivity index (χ1v) is 10.2. The second kappa shape index (κ2) is 5.80. The van der Waals surface area contributed by atoms with Gasteiger partial charge in [-0.05, 0) is 0 Å². The summed E-state index contributed by atoms with van der Waals surface area (Å²) in [6.45, 7) is 11.2. The summed E-state index contributed by atoms with van der Waals surface area (Å²) in [6, 6.07) is 2.29. The summed E-state index contributed by atoms with van der Waals surface area (Å²) in [5, 5.41) is 4.72. The third-order valence-corrected chi connectivity index (χ3v) is 7.64. The van der Waals surface area contributed by atoms with Crippen LogP contribution >= 0.6 is 11.3 Å². The minimum atomic E-state index is 0.245. The van der Waals surface area contributed by atoms with Crippen LogP contribution in [0.3, 0.4) is 0 Å². The van der Waals surface area contributed by atoms with Crippen LogP contribution in [-0.4, -0.2) is 24.5 Å². The Kier molecular flexibility index (Phi) is 4.15. The number of nitrogens with one attached hydrogen (secondary N) is 1. The Bertz CT molecular complexity index is 811. The van der Waals surface area contributed by atoms with Crippen LogP contribution in [0.4, 0.5) is 11.5 Å². The molecular formula is C17H21N3SSe. The number of aromatic nitrogens is 2. The Hall–Kier alpha value is -1.16. The van der Waals surface area contributed by atoms with Crippen LogP contribution < -0.4 is 5.32 Å². The summed E-state index contributed by atoms with van der Waals surface area (Å²) in [7, 11) is 0. The van der Waals surface area contributed by atoms with E-state index in [1.807, 2.05) is 0 Å². The average Bonchev–Trinajstić information content (AvgIpc) is 3.02. The molecule has 3 aromatic heterocycles. The molecule has 3 heterocycles. The van der Waals surface area contributed by atoms with Crippen LogP contribution in [0.15, 0.2) is 17.3 Å². The molecule has 0 radical (unpaired) electrons. The predicted molar refractivity (Wildman–Crippen MR) is 96.9 cm³/mol. The molecule has 0 saturated heterocycles. The zero-order valence-electron chi connectivity index (χ0n) is 13.7. The molecular weight excluding hydrogens is 357 g/mol. The van der Waals surface area contributed by atoms with Crippen molar-refractivity contribution in [2.75, 3.05) is 5.32 Å². The first-order chi connectivity index (χ1) is 10.4. The summed E-state index contributed by atoms with van der Waals surface area (Å²) < 4.78 is 1.52. The van der Waals surface area contributed by atoms with Gasteiger partial charge >= 0.3 is 142 Å². The first-order valence-electron chi connectivity index (χ1n) is 7.49. The van der Waals surface area contributed by atoms with Gasteiger partial charge in [-0.2, -0.15) is 0 Å². The molecule has 0 amide bonds. The molecule has 0 fully saturated rings. The molecule has 5 heteroatoms. The average molecular weight is 378 g/mol. The Morgan fingerprint density at radius 3 is 2.68 bits per heavy atom. The third-order valence-electron chi connectivity index (χ3n) is 3.74. The molecule has 0 spiro atoms. The molecule has 0 aliphatic carbocycles. The van der Waals surface area contributed by atoms with Gasteiger partial charge in [0.2, 0.25) is 0 Å². The summed E-state index contributed by atoms with van der Waals surface area (Å²) in [6.07, 6.45) is 2.68. The molecule has 0 aliphatic heterocycles. The quantitative estimate of drug-likeness (QED) is 0.674. The van der Waals surface area contributed by atoms with Gasteiger partial charge in [-0.3, -0.25) is 0 Å². The van der Waals surface area contributed by atoms with Crippen LogP contribution in [0.5, 0.6) is 0 Å². The van der Waals surface area contributed by atoms with Gasteiger partial charge in [-0.25, -0.2) is 0 Å². The van der Waals surface area contributed by atoms with E-state index in [-0.39, 0.29) is 5.41 Å². The van der Waals surface area contributed by atoms with E-state index >= 15 is 0 Å². The van der Waals surface area contributed by atoms with Gasteiger partial charge in [0.25, 0.3) is 0 Å². The van der Waals surface area contributed by atoms with Crippen molar-refractivity contribution in [1.29, 1.82) is 0 Å². The zero-order valence-corrected chi connectivity index (χ0v) is 16.2. The second-order valence-corrected chi connectivity index (χ2v) is 9.58. The molecule has 3 rings (SSSR count). The molecule has 0 unspecified atom stereocenters. The number of nitrogens with zero attached hydrogens (tertiary/aromatic N) is 2. The van der Waals surface area contributed by atoms with Crippen LogP contribution in [0, 0.1) is 6.92 Å². The summed E-state index contributed by atoms with van der Waals surface area (Å²) >= 11 is 2.19. The maximum absolute atomic E-state index is 4.50. The van der Waals surface area contributed by atoms with E-state index in [1.165, 1.54) is 26.0 Å². The van der Waals surface area contributed by atoms with E-state index in [1.54, 1.807) is 17.7 Å². The molecule has 0 aromatic carbocycles. The Morgan fingerprint density at radius 2 is 2.05 bits per heavy atom. The van der Waals surface area contributed by atoms with Crippen molar-refractivity contribution in [1.82, 2.24) is 9.97 Å². The molecule has 1 N–H and O–H groups in total. The molecule has 0 saturated carbocycles. The fourth-order valence-electron chi connectivity index (χ4n) is 2.55. The molecule has 116 valence electrons. The Morgan fingerprint density at radius 1 is 1.27 bits per heavy atom. The van der Waals surface area contributed by atoms with Crippen molar-refractivity contribution in [3.8, 4) is 0 Å². The summed E-state index contributed by atoms with van der Waals surface area (Å²) in [5.41, 5.74) is 2.79. The monoisotopic (exact) mass is 379 g/mol.